The van der Waals surface area contributed by atoms with E-state index in [2.05, 4.69) is 4.99 Å². The molecule has 5 heteroatoms. The van der Waals surface area contributed by atoms with Crippen molar-refractivity contribution in [2.24, 2.45) is 4.99 Å². The summed E-state index contributed by atoms with van der Waals surface area (Å²) in [5.41, 5.74) is -0.755. The summed E-state index contributed by atoms with van der Waals surface area (Å²) < 4.78 is 0. The average Bonchev–Trinajstić information content (AvgIpc) is 2.05. The van der Waals surface area contributed by atoms with E-state index in [9.17, 15) is 10.0 Å². The first-order valence-electron chi connectivity index (χ1n) is 3.81. The Bertz CT molecular complexity index is 205. The molecule has 0 amide bonds. The molecule has 2 N–H and O–H groups in total. The van der Waals surface area contributed by atoms with Gasteiger partial charge in [0.2, 0.25) is 0 Å². The van der Waals surface area contributed by atoms with Gasteiger partial charge in [0.05, 0.1) is 12.0 Å². The largest absolute Gasteiger partial charge is 0.479 e. The fraction of sp³-hybridized carbons (Fsp3) is 0.571. The van der Waals surface area contributed by atoms with Crippen LogP contribution in [0.3, 0.4) is 0 Å². The van der Waals surface area contributed by atoms with Crippen LogP contribution in [0.5, 0.6) is 0 Å². The zero-order valence-corrected chi connectivity index (χ0v) is 7.31. The molecule has 1 aliphatic rings. The molecular formula is C7H13BN2O2. The molecule has 1 rings (SSSR count). The van der Waals surface area contributed by atoms with E-state index in [-0.39, 0.29) is 0 Å². The highest BCUT2D eigenvalue weighted by Gasteiger charge is 2.42. The minimum atomic E-state index is -1.40. The van der Waals surface area contributed by atoms with Crippen LogP contribution in [0.2, 0.25) is 0 Å². The van der Waals surface area contributed by atoms with E-state index in [0.717, 1.165) is 0 Å². The van der Waals surface area contributed by atoms with Crippen molar-refractivity contribution in [2.75, 3.05) is 20.6 Å². The number of dihydropyridines is 1. The van der Waals surface area contributed by atoms with Gasteiger partial charge in [-0.15, -0.1) is 0 Å². The Hall–Kier alpha value is -0.645. The van der Waals surface area contributed by atoms with Gasteiger partial charge >= 0.3 is 7.12 Å². The van der Waals surface area contributed by atoms with E-state index >= 15 is 0 Å². The Kier molecular flexibility index (Phi) is 2.67. The lowest BCUT2D eigenvalue weighted by Crippen LogP contribution is -2.58. The molecule has 1 unspecified atom stereocenters. The van der Waals surface area contributed by atoms with Crippen molar-refractivity contribution in [2.45, 2.75) is 5.44 Å². The number of hydrogen-bond acceptors (Lipinski definition) is 4. The quantitative estimate of drug-likeness (QED) is 0.516. The molecule has 0 aliphatic carbocycles. The highest BCUT2D eigenvalue weighted by Crippen LogP contribution is 2.18. The molecule has 0 spiro atoms. The minimum Gasteiger partial charge on any atom is -0.426 e. The smallest absolute Gasteiger partial charge is 0.426 e. The normalized spacial score (nSPS) is 28.1. The summed E-state index contributed by atoms with van der Waals surface area (Å²) in [4.78, 5) is 5.75. The van der Waals surface area contributed by atoms with Crippen molar-refractivity contribution in [1.29, 1.82) is 0 Å². The van der Waals surface area contributed by atoms with Gasteiger partial charge in [-0.2, -0.15) is 0 Å². The second-order valence-electron chi connectivity index (χ2n) is 3.11. The highest BCUT2D eigenvalue weighted by atomic mass is 16.4. The number of rotatable bonds is 2. The zero-order valence-electron chi connectivity index (χ0n) is 7.31. The third kappa shape index (κ3) is 1.43. The van der Waals surface area contributed by atoms with E-state index in [0.29, 0.717) is 6.54 Å². The molecule has 12 heavy (non-hydrogen) atoms. The molecule has 4 nitrogen and oxygen atoms in total. The standard InChI is InChI=1S/C7H13BN2O2/c1-10(2)7(8(11)12)4-3-5-9-6-7/h3-5,11-12H,6H2,1-2H3. The number of nitrogens with zero attached hydrogens (tertiary/aromatic N) is 2. The van der Waals surface area contributed by atoms with Crippen molar-refractivity contribution in [3.05, 3.63) is 12.2 Å². The van der Waals surface area contributed by atoms with Crippen molar-refractivity contribution in [1.82, 2.24) is 4.90 Å². The summed E-state index contributed by atoms with van der Waals surface area (Å²) in [7, 11) is 2.19. The summed E-state index contributed by atoms with van der Waals surface area (Å²) in [5.74, 6) is 0. The topological polar surface area (TPSA) is 56.1 Å². The molecule has 1 heterocycles. The Balaban J connectivity index is 2.88. The Morgan fingerprint density at radius 2 is 2.17 bits per heavy atom. The summed E-state index contributed by atoms with van der Waals surface area (Å²) in [6.07, 6.45) is 5.14. The Morgan fingerprint density at radius 1 is 1.50 bits per heavy atom. The van der Waals surface area contributed by atoms with Crippen molar-refractivity contribution in [3.8, 4) is 0 Å². The maximum Gasteiger partial charge on any atom is 0.479 e. The maximum atomic E-state index is 9.19. The predicted molar refractivity (Wildman–Crippen MR) is 49.1 cm³/mol. The van der Waals surface area contributed by atoms with Gasteiger partial charge < -0.3 is 14.9 Å². The molecule has 0 bridgehead atoms. The van der Waals surface area contributed by atoms with E-state index in [1.165, 1.54) is 0 Å². The first kappa shape index (κ1) is 9.44. The van der Waals surface area contributed by atoms with Crippen LogP contribution in [0.15, 0.2) is 17.1 Å². The first-order chi connectivity index (χ1) is 5.59. The predicted octanol–water partition coefficient (Wildman–Crippen LogP) is -1.06. The van der Waals surface area contributed by atoms with Crippen LogP contribution in [0, 0.1) is 0 Å². The van der Waals surface area contributed by atoms with Gasteiger partial charge in [0.15, 0.2) is 0 Å². The van der Waals surface area contributed by atoms with E-state index < -0.39 is 12.6 Å². The Morgan fingerprint density at radius 3 is 2.42 bits per heavy atom. The van der Waals surface area contributed by atoms with Crippen LogP contribution in [-0.2, 0) is 0 Å². The molecular weight excluding hydrogens is 155 g/mol. The molecule has 0 aromatic heterocycles. The van der Waals surface area contributed by atoms with Crippen LogP contribution in [0.4, 0.5) is 0 Å². The lowest BCUT2D eigenvalue weighted by atomic mass is 9.63. The Labute approximate surface area is 72.4 Å². The van der Waals surface area contributed by atoms with E-state index in [4.69, 9.17) is 0 Å². The van der Waals surface area contributed by atoms with Gasteiger partial charge in [-0.05, 0) is 20.2 Å². The molecule has 0 aromatic rings. The minimum absolute atomic E-state index is 0.383. The first-order valence-corrected chi connectivity index (χ1v) is 3.81. The SMILES string of the molecule is CN(C)C1(B(O)O)C=CC=NC1. The number of allylic oxidation sites excluding steroid dienone is 1. The molecule has 0 aromatic carbocycles. The van der Waals surface area contributed by atoms with E-state index in [1.807, 2.05) is 0 Å². The third-order valence-corrected chi connectivity index (χ3v) is 2.20. The van der Waals surface area contributed by atoms with Crippen molar-refractivity contribution < 1.29 is 10.0 Å². The lowest BCUT2D eigenvalue weighted by Gasteiger charge is -2.36. The van der Waals surface area contributed by atoms with Crippen molar-refractivity contribution in [3.63, 3.8) is 0 Å². The fourth-order valence-electron chi connectivity index (χ4n) is 1.21. The van der Waals surface area contributed by atoms with Crippen LogP contribution in [0.1, 0.15) is 0 Å². The van der Waals surface area contributed by atoms with Crippen LogP contribution >= 0.6 is 0 Å². The summed E-state index contributed by atoms with van der Waals surface area (Å²) in [6.45, 7) is 0.383. The molecule has 66 valence electrons. The van der Waals surface area contributed by atoms with Gasteiger partial charge in [0, 0.05) is 6.21 Å². The van der Waals surface area contributed by atoms with Gasteiger partial charge in [0.25, 0.3) is 0 Å². The monoisotopic (exact) mass is 168 g/mol. The molecule has 0 fully saturated rings. The van der Waals surface area contributed by atoms with Gasteiger partial charge in [-0.1, -0.05) is 6.08 Å². The fourth-order valence-corrected chi connectivity index (χ4v) is 1.21. The molecule has 0 saturated heterocycles. The van der Waals surface area contributed by atoms with Gasteiger partial charge in [-0.3, -0.25) is 4.99 Å². The average molecular weight is 168 g/mol. The van der Waals surface area contributed by atoms with Crippen molar-refractivity contribution >= 4 is 13.3 Å². The molecule has 1 aliphatic heterocycles. The highest BCUT2D eigenvalue weighted by molar-refractivity contribution is 6.46. The van der Waals surface area contributed by atoms with Crippen LogP contribution in [-0.4, -0.2) is 54.4 Å². The zero-order chi connectivity index (χ0) is 9.19. The molecule has 1 atom stereocenters. The lowest BCUT2D eigenvalue weighted by molar-refractivity contribution is 0.231. The second kappa shape index (κ2) is 3.39. The molecule has 0 saturated carbocycles. The number of hydrogen-bond donors (Lipinski definition) is 2. The third-order valence-electron chi connectivity index (χ3n) is 2.20. The second-order valence-corrected chi connectivity index (χ2v) is 3.11. The maximum absolute atomic E-state index is 9.19. The van der Waals surface area contributed by atoms with E-state index in [1.54, 1.807) is 37.4 Å². The number of likely N-dealkylation sites (N-methyl/N-ethyl adjacent to an activating group) is 1. The van der Waals surface area contributed by atoms with Crippen LogP contribution in [0.25, 0.3) is 0 Å². The van der Waals surface area contributed by atoms with Crippen LogP contribution < -0.4 is 0 Å². The summed E-state index contributed by atoms with van der Waals surface area (Å²) in [6, 6.07) is 0. The van der Waals surface area contributed by atoms with Gasteiger partial charge in [0.1, 0.15) is 0 Å². The summed E-state index contributed by atoms with van der Waals surface area (Å²) >= 11 is 0. The molecule has 0 radical (unpaired) electrons. The van der Waals surface area contributed by atoms with Gasteiger partial charge in [-0.25, -0.2) is 0 Å². The summed E-state index contributed by atoms with van der Waals surface area (Å²) in [5, 5.41) is 18.4. The number of aliphatic imine (C=N–C) groups is 1.